The molecular weight excluding hydrogens is 685 g/mol. The minimum absolute atomic E-state index is 0.0302. The second kappa shape index (κ2) is 17.8. The van der Waals surface area contributed by atoms with Gasteiger partial charge in [0.1, 0.15) is 23.2 Å². The van der Waals surface area contributed by atoms with Crippen LogP contribution in [0.15, 0.2) is 53.0 Å². The molecule has 3 fully saturated rings. The molecule has 0 aliphatic carbocycles. The molecule has 3 heterocycles. The second-order valence-electron chi connectivity index (χ2n) is 12.9. The Balaban J connectivity index is 0.00000151. The summed E-state index contributed by atoms with van der Waals surface area (Å²) in [5, 5.41) is 1.58. The summed E-state index contributed by atoms with van der Waals surface area (Å²) < 4.78 is 45.0. The highest BCUT2D eigenvalue weighted by atomic mass is 79.9. The molecule has 48 heavy (non-hydrogen) atoms. The Bertz CT molecular complexity index is 1320. The van der Waals surface area contributed by atoms with Gasteiger partial charge in [-0.25, -0.2) is 19.0 Å². The molecule has 0 aromatic heterocycles. The molecule has 0 saturated carbocycles. The first-order valence-corrected chi connectivity index (χ1v) is 17.7. The second-order valence-corrected chi connectivity index (χ2v) is 13.8. The number of carbonyl (C=O) groups is 2. The fourth-order valence-electron chi connectivity index (χ4n) is 6.02. The molecule has 2 aromatic rings. The number of amides is 2. The summed E-state index contributed by atoms with van der Waals surface area (Å²) in [6.07, 6.45) is -1.40. The number of fused-ring (bicyclic) bond motifs is 1. The van der Waals surface area contributed by atoms with Crippen molar-refractivity contribution in [1.82, 2.24) is 15.3 Å². The smallest absolute Gasteiger partial charge is 0.422 e. The van der Waals surface area contributed by atoms with Crippen LogP contribution in [0.4, 0.5) is 14.0 Å². The van der Waals surface area contributed by atoms with E-state index in [2.05, 4.69) is 21.4 Å². The number of rotatable bonds is 8. The Labute approximate surface area is 293 Å². The van der Waals surface area contributed by atoms with E-state index in [1.54, 1.807) is 28.1 Å². The molecule has 5 rings (SSSR count). The number of ether oxygens (including phenoxy) is 5. The first-order chi connectivity index (χ1) is 22.8. The van der Waals surface area contributed by atoms with Gasteiger partial charge in [0.05, 0.1) is 31.3 Å². The lowest BCUT2D eigenvalue weighted by molar-refractivity contribution is -0.0909. The number of nitrogens with zero attached hydrogens (tertiary/aromatic N) is 2. The topological polar surface area (TPSA) is 98.8 Å². The fourth-order valence-corrected chi connectivity index (χ4v) is 6.29. The standard InChI is InChI=1S/C32H41BrFN3O7.2C2H6/c1-31(2,3)44-30(39)37-25(16-20-10-12-22(33)13-11-20)26(43-32(37,4)5)18-36(17-21-8-6-7-9-24(21)34)35-29(38)42-27-19-41-28-23(27)14-15-40-28;2*1-2/h6-13,23,25-28H,14-19H2,1-5H3,(H,35,38);2*1-2H3/t23?,25-,26?,27?,28?;;/m0../s1. The van der Waals surface area contributed by atoms with E-state index in [1.807, 2.05) is 86.6 Å². The third kappa shape index (κ3) is 10.6. The Morgan fingerprint density at radius 3 is 2.38 bits per heavy atom. The number of hydrogen-bond donors (Lipinski definition) is 1. The Kier molecular flexibility index (Phi) is 14.7. The zero-order valence-corrected chi connectivity index (χ0v) is 31.3. The molecule has 5 atom stereocenters. The third-order valence-corrected chi connectivity index (χ3v) is 8.47. The molecule has 3 aliphatic heterocycles. The van der Waals surface area contributed by atoms with Crippen LogP contribution in [0.2, 0.25) is 0 Å². The van der Waals surface area contributed by atoms with E-state index in [4.69, 9.17) is 23.7 Å². The van der Waals surface area contributed by atoms with E-state index in [-0.39, 0.29) is 31.9 Å². The molecule has 1 N–H and O–H groups in total. The predicted molar refractivity (Wildman–Crippen MR) is 185 cm³/mol. The summed E-state index contributed by atoms with van der Waals surface area (Å²) in [7, 11) is 0. The highest BCUT2D eigenvalue weighted by Gasteiger charge is 2.52. The number of hydrogen-bond acceptors (Lipinski definition) is 8. The molecule has 12 heteroatoms. The van der Waals surface area contributed by atoms with Crippen LogP contribution in [0.25, 0.3) is 0 Å². The zero-order chi connectivity index (χ0) is 35.6. The van der Waals surface area contributed by atoms with E-state index in [0.29, 0.717) is 18.6 Å². The molecular formula is C36H53BrFN3O7. The summed E-state index contributed by atoms with van der Waals surface area (Å²) in [6.45, 7) is 18.0. The fraction of sp³-hybridized carbons (Fsp3) is 0.611. The van der Waals surface area contributed by atoms with E-state index < -0.39 is 47.6 Å². The van der Waals surface area contributed by atoms with Crippen molar-refractivity contribution in [3.63, 3.8) is 0 Å². The van der Waals surface area contributed by atoms with Crippen LogP contribution in [0.5, 0.6) is 0 Å². The molecule has 3 saturated heterocycles. The predicted octanol–water partition coefficient (Wildman–Crippen LogP) is 7.83. The quantitative estimate of drug-likeness (QED) is 0.274. The highest BCUT2D eigenvalue weighted by Crippen LogP contribution is 2.37. The Morgan fingerprint density at radius 1 is 1.06 bits per heavy atom. The van der Waals surface area contributed by atoms with Crippen molar-refractivity contribution < 1.29 is 37.7 Å². The molecule has 10 nitrogen and oxygen atoms in total. The van der Waals surface area contributed by atoms with Crippen LogP contribution in [0.1, 0.15) is 79.9 Å². The summed E-state index contributed by atoms with van der Waals surface area (Å²) >= 11 is 3.48. The van der Waals surface area contributed by atoms with Crippen LogP contribution < -0.4 is 5.43 Å². The molecule has 0 bridgehead atoms. The zero-order valence-electron chi connectivity index (χ0n) is 29.8. The Morgan fingerprint density at radius 2 is 1.73 bits per heavy atom. The maximum atomic E-state index is 14.8. The average molecular weight is 739 g/mol. The number of nitrogens with one attached hydrogen (secondary N) is 1. The van der Waals surface area contributed by atoms with Gasteiger partial charge in [-0.15, -0.1) is 0 Å². The van der Waals surface area contributed by atoms with Crippen LogP contribution >= 0.6 is 15.9 Å². The van der Waals surface area contributed by atoms with Crippen LogP contribution in [-0.4, -0.2) is 77.7 Å². The van der Waals surface area contributed by atoms with Crippen molar-refractivity contribution in [3.05, 3.63) is 69.9 Å². The number of benzene rings is 2. The lowest BCUT2D eigenvalue weighted by Crippen LogP contribution is -2.53. The van der Waals surface area contributed by atoms with Gasteiger partial charge in [-0.2, -0.15) is 0 Å². The number of carbonyl (C=O) groups excluding carboxylic acids is 2. The highest BCUT2D eigenvalue weighted by molar-refractivity contribution is 9.10. The first kappa shape index (κ1) is 39.7. The van der Waals surface area contributed by atoms with Gasteiger partial charge in [-0.05, 0) is 71.2 Å². The van der Waals surface area contributed by atoms with Gasteiger partial charge >= 0.3 is 12.2 Å². The average Bonchev–Trinajstić information content (AvgIpc) is 3.71. The third-order valence-electron chi connectivity index (χ3n) is 7.94. The molecule has 2 amide bonds. The van der Waals surface area contributed by atoms with Crippen molar-refractivity contribution in [2.75, 3.05) is 19.8 Å². The van der Waals surface area contributed by atoms with E-state index in [1.165, 1.54) is 6.07 Å². The van der Waals surface area contributed by atoms with Gasteiger partial charge in [0, 0.05) is 23.1 Å². The van der Waals surface area contributed by atoms with Gasteiger partial charge < -0.3 is 23.7 Å². The van der Waals surface area contributed by atoms with Gasteiger partial charge in [-0.3, -0.25) is 10.3 Å². The summed E-state index contributed by atoms with van der Waals surface area (Å²) in [4.78, 5) is 28.4. The monoisotopic (exact) mass is 737 g/mol. The molecule has 4 unspecified atom stereocenters. The maximum absolute atomic E-state index is 14.8. The minimum atomic E-state index is -1.03. The van der Waals surface area contributed by atoms with E-state index >= 15 is 0 Å². The normalized spacial score (nSPS) is 24.2. The van der Waals surface area contributed by atoms with Gasteiger partial charge in [0.25, 0.3) is 0 Å². The number of halogens is 2. The molecule has 2 aromatic carbocycles. The Hall–Kier alpha value is -2.77. The largest absolute Gasteiger partial charge is 0.444 e. The minimum Gasteiger partial charge on any atom is -0.444 e. The van der Waals surface area contributed by atoms with Crippen molar-refractivity contribution in [1.29, 1.82) is 0 Å². The lowest BCUT2D eigenvalue weighted by atomic mass is 10.00. The van der Waals surface area contributed by atoms with Gasteiger partial charge in [-0.1, -0.05) is 74.0 Å². The molecule has 3 aliphatic rings. The molecule has 0 spiro atoms. The van der Waals surface area contributed by atoms with E-state index in [9.17, 15) is 14.0 Å². The maximum Gasteiger partial charge on any atom is 0.422 e. The van der Waals surface area contributed by atoms with Crippen molar-refractivity contribution in [2.45, 2.75) is 118 Å². The van der Waals surface area contributed by atoms with Crippen LogP contribution in [-0.2, 0) is 36.6 Å². The number of hydrazine groups is 1. The SMILES string of the molecule is CC.CC.CC(C)(C)OC(=O)N1[C@@H](Cc2ccc(Br)cc2)C(CN(Cc2ccccc2F)NC(=O)OC2COC3OCCC23)OC1(C)C. The first-order valence-electron chi connectivity index (χ1n) is 16.9. The van der Waals surface area contributed by atoms with Crippen LogP contribution in [0.3, 0.4) is 0 Å². The molecule has 268 valence electrons. The molecule has 0 radical (unpaired) electrons. The van der Waals surface area contributed by atoms with Crippen molar-refractivity contribution in [3.8, 4) is 0 Å². The van der Waals surface area contributed by atoms with E-state index in [0.717, 1.165) is 16.5 Å². The summed E-state index contributed by atoms with van der Waals surface area (Å²) in [5.74, 6) is -0.435. The van der Waals surface area contributed by atoms with Crippen molar-refractivity contribution >= 4 is 28.1 Å². The summed E-state index contributed by atoms with van der Waals surface area (Å²) in [6, 6.07) is 13.8. The lowest BCUT2D eigenvalue weighted by Gasteiger charge is -2.35. The van der Waals surface area contributed by atoms with Crippen molar-refractivity contribution in [2.24, 2.45) is 5.92 Å². The van der Waals surface area contributed by atoms with Gasteiger partial charge in [0.15, 0.2) is 6.29 Å². The van der Waals surface area contributed by atoms with Crippen LogP contribution in [0, 0.1) is 11.7 Å². The summed E-state index contributed by atoms with van der Waals surface area (Å²) in [5.41, 5.74) is 2.43. The van der Waals surface area contributed by atoms with Gasteiger partial charge in [0.2, 0.25) is 0 Å².